The summed E-state index contributed by atoms with van der Waals surface area (Å²) in [5, 5.41) is 21.9. The van der Waals surface area contributed by atoms with Gasteiger partial charge < -0.3 is 20.6 Å². The maximum absolute atomic E-state index is 14.0. The van der Waals surface area contributed by atoms with E-state index in [-0.39, 0.29) is 49.3 Å². The fourth-order valence-electron chi connectivity index (χ4n) is 6.70. The number of fused-ring (bicyclic) bond motifs is 2. The third kappa shape index (κ3) is 9.67. The molecule has 2 aromatic heterocycles. The number of nitrogens with zero attached hydrogens (tertiary/aromatic N) is 5. The summed E-state index contributed by atoms with van der Waals surface area (Å²) in [7, 11) is 0. The summed E-state index contributed by atoms with van der Waals surface area (Å²) in [4.78, 5) is 71.9. The fourth-order valence-corrected chi connectivity index (χ4v) is 6.70. The van der Waals surface area contributed by atoms with Gasteiger partial charge in [-0.25, -0.2) is 9.80 Å². The summed E-state index contributed by atoms with van der Waals surface area (Å²) in [5.41, 5.74) is 6.18. The van der Waals surface area contributed by atoms with Gasteiger partial charge in [-0.05, 0) is 65.4 Å². The predicted molar refractivity (Wildman–Crippen MR) is 199 cm³/mol. The molecule has 6 rings (SSSR count). The van der Waals surface area contributed by atoms with Gasteiger partial charge in [-0.1, -0.05) is 43.2 Å². The lowest BCUT2D eigenvalue weighted by atomic mass is 9.86. The van der Waals surface area contributed by atoms with E-state index in [1.54, 1.807) is 28.5 Å². The third-order valence-electron chi connectivity index (χ3n) is 9.60. The van der Waals surface area contributed by atoms with Gasteiger partial charge in [-0.15, -0.1) is 0 Å². The molecule has 53 heavy (non-hydrogen) atoms. The second-order valence-corrected chi connectivity index (χ2v) is 13.4. The number of benzene rings is 2. The normalized spacial score (nSPS) is 15.2. The van der Waals surface area contributed by atoms with Crippen LogP contribution in [0.25, 0.3) is 10.9 Å². The first-order valence-corrected chi connectivity index (χ1v) is 18.1. The SMILES string of the molecule is O=C(O)CCC(=O)CCC(=O)NCCCCCCN1N=C(c2ccc(NC(=O)N3Cc4ccncc4C3)cc2)CC(c2cccc3ncccc23)C1=O. The molecular weight excluding hydrogens is 674 g/mol. The van der Waals surface area contributed by atoms with Gasteiger partial charge in [-0.3, -0.25) is 29.1 Å². The van der Waals surface area contributed by atoms with Crippen molar-refractivity contribution in [3.05, 3.63) is 102 Å². The number of aliphatic carboxylic acids is 1. The molecule has 13 nitrogen and oxygen atoms in total. The second kappa shape index (κ2) is 17.5. The zero-order valence-corrected chi connectivity index (χ0v) is 29.5. The number of ketones is 1. The van der Waals surface area contributed by atoms with Crippen LogP contribution in [0.2, 0.25) is 0 Å². The highest BCUT2D eigenvalue weighted by Crippen LogP contribution is 2.34. The second-order valence-electron chi connectivity index (χ2n) is 13.4. The number of Topliss-reactive ketones (excluding diaryl/α,β-unsaturated/α-hetero) is 1. The van der Waals surface area contributed by atoms with Crippen LogP contribution in [0, 0.1) is 0 Å². The minimum atomic E-state index is -1.03. The molecule has 0 radical (unpaired) electrons. The van der Waals surface area contributed by atoms with Gasteiger partial charge in [-0.2, -0.15) is 5.10 Å². The number of carboxylic acids is 1. The van der Waals surface area contributed by atoms with Crippen molar-refractivity contribution in [3.8, 4) is 0 Å². The first-order valence-electron chi connectivity index (χ1n) is 18.1. The monoisotopic (exact) mass is 717 g/mol. The lowest BCUT2D eigenvalue weighted by molar-refractivity contribution is -0.138. The first-order chi connectivity index (χ1) is 25.7. The van der Waals surface area contributed by atoms with E-state index in [0.717, 1.165) is 64.6 Å². The zero-order valence-electron chi connectivity index (χ0n) is 29.5. The van der Waals surface area contributed by atoms with E-state index in [0.29, 0.717) is 38.3 Å². The number of unbranched alkanes of at least 4 members (excludes halogenated alkanes) is 3. The summed E-state index contributed by atoms with van der Waals surface area (Å²) in [6, 6.07) is 19.0. The molecule has 0 saturated heterocycles. The summed E-state index contributed by atoms with van der Waals surface area (Å²) < 4.78 is 0. The van der Waals surface area contributed by atoms with Crippen LogP contribution in [0.5, 0.6) is 0 Å². The Bertz CT molecular complexity index is 1980. The lowest BCUT2D eigenvalue weighted by Crippen LogP contribution is -2.38. The number of urea groups is 1. The molecule has 13 heteroatoms. The smallest absolute Gasteiger partial charge is 0.322 e. The van der Waals surface area contributed by atoms with Crippen LogP contribution < -0.4 is 10.6 Å². The number of carbonyl (C=O) groups excluding carboxylic acids is 4. The van der Waals surface area contributed by atoms with E-state index in [1.165, 1.54) is 0 Å². The number of anilines is 1. The predicted octanol–water partition coefficient (Wildman–Crippen LogP) is 5.79. The highest BCUT2D eigenvalue weighted by atomic mass is 16.4. The summed E-state index contributed by atoms with van der Waals surface area (Å²) in [5.74, 6) is -2.01. The van der Waals surface area contributed by atoms with Crippen LogP contribution in [0.1, 0.15) is 86.0 Å². The molecule has 2 aliphatic heterocycles. The Kier molecular flexibility index (Phi) is 12.1. The molecule has 4 amide bonds. The number of nitrogens with one attached hydrogen (secondary N) is 2. The van der Waals surface area contributed by atoms with Crippen molar-refractivity contribution in [2.45, 2.75) is 76.8 Å². The largest absolute Gasteiger partial charge is 0.481 e. The highest BCUT2D eigenvalue weighted by Gasteiger charge is 2.33. The number of hydrogen-bond donors (Lipinski definition) is 3. The Balaban J connectivity index is 1.06. The number of rotatable bonds is 16. The lowest BCUT2D eigenvalue weighted by Gasteiger charge is -2.30. The van der Waals surface area contributed by atoms with E-state index < -0.39 is 11.9 Å². The minimum absolute atomic E-state index is 0.0368. The molecule has 1 unspecified atom stereocenters. The Morgan fingerprint density at radius 2 is 1.62 bits per heavy atom. The molecule has 4 heterocycles. The van der Waals surface area contributed by atoms with Crippen LogP contribution in [0.3, 0.4) is 0 Å². The van der Waals surface area contributed by atoms with Crippen molar-refractivity contribution in [2.24, 2.45) is 5.10 Å². The number of amides is 4. The van der Waals surface area contributed by atoms with Crippen LogP contribution in [0.15, 0.2) is 84.4 Å². The van der Waals surface area contributed by atoms with Gasteiger partial charge in [0, 0.05) is 81.5 Å². The molecule has 4 aromatic rings. The van der Waals surface area contributed by atoms with E-state index in [4.69, 9.17) is 10.2 Å². The number of hydrazone groups is 1. The standard InChI is InChI=1S/C40H43N7O6/c48-31(15-17-38(50)51)14-16-37(49)43-19-3-1-2-4-22-47-39(52)34(32-7-5-9-35-33(32)8-6-20-42-35)23-36(45-47)27-10-12-30(13-11-27)44-40(53)46-25-28-18-21-41-24-29(28)26-46/h5-13,18,20-21,24,34H,1-4,14-17,19,22-23,25-26H2,(H,43,49)(H,44,53)(H,50,51). The first kappa shape index (κ1) is 36.8. The molecule has 2 aromatic carbocycles. The fraction of sp³-hybridized carbons (Fsp3) is 0.350. The molecule has 0 aliphatic carbocycles. The topological polar surface area (TPSA) is 174 Å². The Morgan fingerprint density at radius 3 is 2.43 bits per heavy atom. The molecule has 0 fully saturated rings. The van der Waals surface area contributed by atoms with E-state index in [1.807, 2.05) is 60.7 Å². The van der Waals surface area contributed by atoms with Gasteiger partial charge >= 0.3 is 12.0 Å². The molecule has 1 atom stereocenters. The van der Waals surface area contributed by atoms with Crippen LogP contribution >= 0.6 is 0 Å². The molecule has 0 saturated carbocycles. The molecule has 0 spiro atoms. The zero-order chi connectivity index (χ0) is 37.2. The van der Waals surface area contributed by atoms with Gasteiger partial charge in [0.05, 0.1) is 23.6 Å². The maximum atomic E-state index is 14.0. The third-order valence-corrected chi connectivity index (χ3v) is 9.60. The van der Waals surface area contributed by atoms with E-state index in [2.05, 4.69) is 20.6 Å². The van der Waals surface area contributed by atoms with Crippen molar-refractivity contribution in [2.75, 3.05) is 18.4 Å². The van der Waals surface area contributed by atoms with Gasteiger partial charge in [0.15, 0.2) is 0 Å². The van der Waals surface area contributed by atoms with Crippen molar-refractivity contribution in [1.29, 1.82) is 0 Å². The van der Waals surface area contributed by atoms with Gasteiger partial charge in [0.2, 0.25) is 5.91 Å². The Hall–Kier alpha value is -5.98. The molecular formula is C40H43N7O6. The van der Waals surface area contributed by atoms with Crippen molar-refractivity contribution < 1.29 is 29.1 Å². The van der Waals surface area contributed by atoms with Crippen molar-refractivity contribution >= 4 is 51.9 Å². The number of aromatic nitrogens is 2. The number of pyridine rings is 2. The maximum Gasteiger partial charge on any atom is 0.322 e. The van der Waals surface area contributed by atoms with Gasteiger partial charge in [0.1, 0.15) is 5.78 Å². The molecule has 0 bridgehead atoms. The number of hydrogen-bond acceptors (Lipinski definition) is 8. The molecule has 274 valence electrons. The minimum Gasteiger partial charge on any atom is -0.481 e. The number of carbonyl (C=O) groups is 5. The molecule has 3 N–H and O–H groups in total. The van der Waals surface area contributed by atoms with E-state index in [9.17, 15) is 24.0 Å². The van der Waals surface area contributed by atoms with Crippen molar-refractivity contribution in [1.82, 2.24) is 25.2 Å². The summed E-state index contributed by atoms with van der Waals surface area (Å²) in [6.45, 7) is 1.96. The summed E-state index contributed by atoms with van der Waals surface area (Å²) >= 11 is 0. The van der Waals surface area contributed by atoms with Crippen LogP contribution in [0.4, 0.5) is 10.5 Å². The van der Waals surface area contributed by atoms with Crippen molar-refractivity contribution in [3.63, 3.8) is 0 Å². The summed E-state index contributed by atoms with van der Waals surface area (Å²) in [6.07, 6.45) is 8.62. The average Bonchev–Trinajstić information content (AvgIpc) is 3.61. The van der Waals surface area contributed by atoms with Crippen LogP contribution in [-0.2, 0) is 32.3 Å². The quantitative estimate of drug-likeness (QED) is 0.122. The van der Waals surface area contributed by atoms with E-state index >= 15 is 0 Å². The highest BCUT2D eigenvalue weighted by molar-refractivity contribution is 6.07. The Morgan fingerprint density at radius 1 is 0.830 bits per heavy atom. The average molecular weight is 718 g/mol. The van der Waals surface area contributed by atoms with Crippen LogP contribution in [-0.4, -0.2) is 73.4 Å². The Labute approximate surface area is 307 Å². The molecule has 2 aliphatic rings. The number of carboxylic acid groups (broad SMARTS) is 1. The van der Waals surface area contributed by atoms with Gasteiger partial charge in [0.25, 0.3) is 5.91 Å².